The van der Waals surface area contributed by atoms with E-state index in [1.807, 2.05) is 34.6 Å². The Morgan fingerprint density at radius 3 is 2.45 bits per heavy atom. The summed E-state index contributed by atoms with van der Waals surface area (Å²) in [5.41, 5.74) is -0.347. The Labute approximate surface area is 118 Å². The van der Waals surface area contributed by atoms with Gasteiger partial charge in [0.2, 0.25) is 11.8 Å². The fourth-order valence-corrected chi connectivity index (χ4v) is 2.41. The van der Waals surface area contributed by atoms with Gasteiger partial charge in [-0.05, 0) is 26.7 Å². The van der Waals surface area contributed by atoms with Crippen LogP contribution in [0.5, 0.6) is 0 Å². The molecule has 6 nitrogen and oxygen atoms in total. The molecular formula is C14H23N3O3. The van der Waals surface area contributed by atoms with Crippen LogP contribution >= 0.6 is 0 Å². The zero-order chi connectivity index (χ0) is 15.1. The highest BCUT2D eigenvalue weighted by Gasteiger charge is 2.35. The molecule has 1 aliphatic rings. The fraction of sp³-hybridized carbons (Fsp3) is 0.786. The largest absolute Gasteiger partial charge is 0.437 e. The molecule has 1 aromatic heterocycles. The van der Waals surface area contributed by atoms with Crippen LogP contribution in [0.4, 0.5) is 0 Å². The molecule has 0 aromatic carbocycles. The normalized spacial score (nSPS) is 20.8. The Hall–Kier alpha value is -1.59. The molecule has 0 saturated carbocycles. The van der Waals surface area contributed by atoms with Crippen LogP contribution in [0.2, 0.25) is 0 Å². The van der Waals surface area contributed by atoms with E-state index in [2.05, 4.69) is 5.10 Å². The summed E-state index contributed by atoms with van der Waals surface area (Å²) in [6.07, 6.45) is 1.51. The van der Waals surface area contributed by atoms with E-state index in [1.54, 1.807) is 4.90 Å². The van der Waals surface area contributed by atoms with Crippen LogP contribution in [0.25, 0.3) is 0 Å². The molecule has 6 heteroatoms. The van der Waals surface area contributed by atoms with E-state index in [9.17, 15) is 9.59 Å². The highest BCUT2D eigenvalue weighted by Crippen LogP contribution is 2.25. The van der Waals surface area contributed by atoms with Crippen molar-refractivity contribution < 1.29 is 9.21 Å². The molecular weight excluding hydrogens is 258 g/mol. The van der Waals surface area contributed by atoms with Crippen molar-refractivity contribution in [2.75, 3.05) is 6.54 Å². The van der Waals surface area contributed by atoms with Crippen molar-refractivity contribution in [2.24, 2.45) is 0 Å². The van der Waals surface area contributed by atoms with E-state index in [4.69, 9.17) is 4.42 Å². The van der Waals surface area contributed by atoms with Crippen LogP contribution in [0.1, 0.15) is 59.4 Å². The van der Waals surface area contributed by atoms with Crippen molar-refractivity contribution >= 4 is 5.91 Å². The van der Waals surface area contributed by atoms with E-state index in [0.717, 1.165) is 13.0 Å². The van der Waals surface area contributed by atoms with E-state index < -0.39 is 11.8 Å². The lowest BCUT2D eigenvalue weighted by Crippen LogP contribution is -2.47. The maximum absolute atomic E-state index is 12.5. The van der Waals surface area contributed by atoms with Crippen LogP contribution in [0, 0.1) is 0 Å². The molecule has 0 N–H and O–H groups in total. The molecule has 1 aromatic rings. The summed E-state index contributed by atoms with van der Waals surface area (Å²) in [4.78, 5) is 26.2. The molecule has 2 rings (SSSR count). The van der Waals surface area contributed by atoms with Crippen molar-refractivity contribution in [3.63, 3.8) is 0 Å². The predicted octanol–water partition coefficient (Wildman–Crippen LogP) is 1.71. The lowest BCUT2D eigenvalue weighted by molar-refractivity contribution is -0.139. The van der Waals surface area contributed by atoms with E-state index in [1.165, 1.54) is 4.68 Å². The average molecular weight is 281 g/mol. The highest BCUT2D eigenvalue weighted by molar-refractivity contribution is 5.81. The molecule has 20 heavy (non-hydrogen) atoms. The molecule has 112 valence electrons. The Bertz CT molecular complexity index is 551. The predicted molar refractivity (Wildman–Crippen MR) is 74.6 cm³/mol. The molecule has 0 radical (unpaired) electrons. The third-order valence-corrected chi connectivity index (χ3v) is 3.57. The smallest absolute Gasteiger partial charge is 0.392 e. The first-order chi connectivity index (χ1) is 9.21. The number of carbonyl (C=O) groups is 1. The number of carbonyl (C=O) groups excluding carboxylic acids is 1. The molecule has 0 spiro atoms. The summed E-state index contributed by atoms with van der Waals surface area (Å²) < 4.78 is 6.42. The van der Waals surface area contributed by atoms with Crippen molar-refractivity contribution in [1.29, 1.82) is 0 Å². The van der Waals surface area contributed by atoms with Gasteiger partial charge in [-0.3, -0.25) is 4.79 Å². The van der Waals surface area contributed by atoms with Gasteiger partial charge in [0.1, 0.15) is 6.04 Å². The van der Waals surface area contributed by atoms with Gasteiger partial charge in [-0.25, -0.2) is 4.79 Å². The molecule has 1 amide bonds. The quantitative estimate of drug-likeness (QED) is 0.827. The Morgan fingerprint density at radius 2 is 1.95 bits per heavy atom. The average Bonchev–Trinajstić information content (AvgIpc) is 2.71. The SMILES string of the molecule is CC(C)N1CCC[C@H](n2nc(C(C)(C)C)oc2=O)C1=O. The molecule has 2 heterocycles. The van der Waals surface area contributed by atoms with E-state index in [0.29, 0.717) is 12.3 Å². The number of aromatic nitrogens is 2. The third kappa shape index (κ3) is 2.64. The summed E-state index contributed by atoms with van der Waals surface area (Å²) in [7, 11) is 0. The first-order valence-corrected chi connectivity index (χ1v) is 7.12. The van der Waals surface area contributed by atoms with Crippen molar-refractivity contribution in [3.05, 3.63) is 16.4 Å². The van der Waals surface area contributed by atoms with Gasteiger partial charge in [-0.2, -0.15) is 4.68 Å². The van der Waals surface area contributed by atoms with Crippen LogP contribution in [-0.2, 0) is 10.2 Å². The van der Waals surface area contributed by atoms with E-state index >= 15 is 0 Å². The molecule has 0 aliphatic carbocycles. The van der Waals surface area contributed by atoms with Gasteiger partial charge in [0.15, 0.2) is 0 Å². The molecule has 1 saturated heterocycles. The molecule has 1 aliphatic heterocycles. The minimum absolute atomic E-state index is 0.0397. The van der Waals surface area contributed by atoms with Crippen LogP contribution in [-0.4, -0.2) is 33.2 Å². The monoisotopic (exact) mass is 281 g/mol. The summed E-state index contributed by atoms with van der Waals surface area (Å²) in [6, 6.07) is -0.395. The van der Waals surface area contributed by atoms with Gasteiger partial charge < -0.3 is 9.32 Å². The molecule has 1 fully saturated rings. The third-order valence-electron chi connectivity index (χ3n) is 3.57. The number of rotatable bonds is 2. The van der Waals surface area contributed by atoms with Crippen LogP contribution in [0.3, 0.4) is 0 Å². The zero-order valence-corrected chi connectivity index (χ0v) is 12.8. The first-order valence-electron chi connectivity index (χ1n) is 7.12. The number of hydrogen-bond acceptors (Lipinski definition) is 4. The van der Waals surface area contributed by atoms with Crippen molar-refractivity contribution in [3.8, 4) is 0 Å². The van der Waals surface area contributed by atoms with Gasteiger partial charge in [0.05, 0.1) is 0 Å². The van der Waals surface area contributed by atoms with Gasteiger partial charge >= 0.3 is 5.76 Å². The standard InChI is InChI=1S/C14H23N3O3/c1-9(2)16-8-6-7-10(11(16)18)17-13(19)20-12(15-17)14(3,4)5/h9-10H,6-8H2,1-5H3/t10-/m0/s1. The maximum Gasteiger partial charge on any atom is 0.437 e. The van der Waals surface area contributed by atoms with Crippen LogP contribution < -0.4 is 5.76 Å². The minimum Gasteiger partial charge on any atom is -0.392 e. The summed E-state index contributed by atoms with van der Waals surface area (Å²) in [5, 5.41) is 4.24. The van der Waals surface area contributed by atoms with Crippen LogP contribution in [0.15, 0.2) is 9.21 Å². The number of amides is 1. The highest BCUT2D eigenvalue weighted by atomic mass is 16.4. The Morgan fingerprint density at radius 1 is 1.30 bits per heavy atom. The number of piperidine rings is 1. The molecule has 0 unspecified atom stereocenters. The first kappa shape index (κ1) is 14.8. The number of likely N-dealkylation sites (tertiary alicyclic amines) is 1. The minimum atomic E-state index is -0.543. The topological polar surface area (TPSA) is 68.3 Å². The van der Waals surface area contributed by atoms with E-state index in [-0.39, 0.29) is 17.4 Å². The number of nitrogens with zero attached hydrogens (tertiary/aromatic N) is 3. The Balaban J connectivity index is 2.34. The second kappa shape index (κ2) is 5.07. The van der Waals surface area contributed by atoms with Gasteiger partial charge in [0, 0.05) is 18.0 Å². The zero-order valence-electron chi connectivity index (χ0n) is 12.8. The van der Waals surface area contributed by atoms with Gasteiger partial charge in [-0.15, -0.1) is 5.10 Å². The molecule has 1 atom stereocenters. The lowest BCUT2D eigenvalue weighted by Gasteiger charge is -2.34. The van der Waals surface area contributed by atoms with Gasteiger partial charge in [0.25, 0.3) is 0 Å². The van der Waals surface area contributed by atoms with Crippen molar-refractivity contribution in [1.82, 2.24) is 14.7 Å². The summed E-state index contributed by atoms with van der Waals surface area (Å²) in [5.74, 6) is -0.210. The summed E-state index contributed by atoms with van der Waals surface area (Å²) in [6.45, 7) is 10.5. The number of hydrogen-bond donors (Lipinski definition) is 0. The molecule has 0 bridgehead atoms. The van der Waals surface area contributed by atoms with Gasteiger partial charge in [-0.1, -0.05) is 20.8 Å². The maximum atomic E-state index is 12.5. The van der Waals surface area contributed by atoms with Crippen molar-refractivity contribution in [2.45, 2.75) is 65.0 Å². The fourth-order valence-electron chi connectivity index (χ4n) is 2.41. The Kier molecular flexibility index (Phi) is 3.75. The summed E-state index contributed by atoms with van der Waals surface area (Å²) >= 11 is 0. The lowest BCUT2D eigenvalue weighted by atomic mass is 9.97. The second-order valence-electron chi connectivity index (χ2n) is 6.65. The second-order valence-corrected chi connectivity index (χ2v) is 6.65.